The molecule has 0 unspecified atom stereocenters. The van der Waals surface area contributed by atoms with E-state index in [1.807, 2.05) is 18.2 Å². The zero-order valence-corrected chi connectivity index (χ0v) is 13.3. The number of hydrogen-bond donors (Lipinski definition) is 0. The van der Waals surface area contributed by atoms with Gasteiger partial charge in [-0.1, -0.05) is 72.3 Å². The first-order valence-corrected chi connectivity index (χ1v) is 8.34. The van der Waals surface area contributed by atoms with E-state index in [4.69, 9.17) is 0 Å². The molecule has 1 heteroatoms. The minimum absolute atomic E-state index is 0.230. The Morgan fingerprint density at radius 1 is 0.947 bits per heavy atom. The maximum Gasteiger partial charge on any atom is 0.0589 e. The molecule has 0 saturated heterocycles. The van der Waals surface area contributed by atoms with Crippen LogP contribution in [0.5, 0.6) is 0 Å². The SMILES string of the molecule is Cc1ccc(C#Cc2ccccc2)c([SiH2]C(C)C)c1. The summed E-state index contributed by atoms with van der Waals surface area (Å²) in [5.74, 6) is 6.61. The maximum atomic E-state index is 3.35. The second-order valence-electron chi connectivity index (χ2n) is 5.37. The fourth-order valence-electron chi connectivity index (χ4n) is 2.11. The molecule has 2 rings (SSSR count). The molecule has 0 aliphatic heterocycles. The smallest absolute Gasteiger partial charge is 0.0589 e. The average Bonchev–Trinajstić information content (AvgIpc) is 2.38. The first-order valence-electron chi connectivity index (χ1n) is 6.82. The molecule has 2 aromatic rings. The summed E-state index contributed by atoms with van der Waals surface area (Å²) in [6, 6.07) is 16.9. The maximum absolute atomic E-state index is 3.35. The van der Waals surface area contributed by atoms with E-state index in [9.17, 15) is 0 Å². The van der Waals surface area contributed by atoms with Crippen molar-refractivity contribution in [2.75, 3.05) is 0 Å². The molecule has 0 saturated carbocycles. The van der Waals surface area contributed by atoms with Crippen molar-refractivity contribution < 1.29 is 0 Å². The van der Waals surface area contributed by atoms with Gasteiger partial charge < -0.3 is 0 Å². The van der Waals surface area contributed by atoms with Gasteiger partial charge in [-0.15, -0.1) is 0 Å². The Morgan fingerprint density at radius 2 is 1.68 bits per heavy atom. The molecule has 0 spiro atoms. The van der Waals surface area contributed by atoms with Gasteiger partial charge in [-0.2, -0.15) is 0 Å². The largest absolute Gasteiger partial charge is 0.0654 e. The predicted octanol–water partition coefficient (Wildman–Crippen LogP) is 3.02. The monoisotopic (exact) mass is 264 g/mol. The summed E-state index contributed by atoms with van der Waals surface area (Å²) < 4.78 is 0. The van der Waals surface area contributed by atoms with Gasteiger partial charge in [0.15, 0.2) is 0 Å². The fourth-order valence-corrected chi connectivity index (χ4v) is 3.86. The highest BCUT2D eigenvalue weighted by atomic mass is 28.2. The Hall–Kier alpha value is -1.78. The van der Waals surface area contributed by atoms with Crippen LogP contribution >= 0.6 is 0 Å². The van der Waals surface area contributed by atoms with Gasteiger partial charge in [-0.3, -0.25) is 0 Å². The lowest BCUT2D eigenvalue weighted by atomic mass is 10.1. The molecule has 0 amide bonds. The third-order valence-corrected chi connectivity index (χ3v) is 4.85. The van der Waals surface area contributed by atoms with E-state index in [0.29, 0.717) is 0 Å². The number of rotatable bonds is 2. The summed E-state index contributed by atoms with van der Waals surface area (Å²) in [6.07, 6.45) is 0. The lowest BCUT2D eigenvalue weighted by Gasteiger charge is -2.08. The van der Waals surface area contributed by atoms with Crippen LogP contribution in [0.3, 0.4) is 0 Å². The normalized spacial score (nSPS) is 10.7. The van der Waals surface area contributed by atoms with Gasteiger partial charge in [0.2, 0.25) is 0 Å². The lowest BCUT2D eigenvalue weighted by Crippen LogP contribution is -2.20. The number of aryl methyl sites for hydroxylation is 1. The molecule has 0 aliphatic carbocycles. The molecule has 2 aromatic carbocycles. The standard InChI is InChI=1S/C18H20Si/c1-14(2)19-18-13-15(3)9-11-17(18)12-10-16-7-5-4-6-8-16/h4-9,11,13-14H,19H2,1-3H3. The molecule has 0 N–H and O–H groups in total. The summed E-state index contributed by atoms with van der Waals surface area (Å²) in [5.41, 5.74) is 4.43. The Kier molecular flexibility index (Phi) is 4.60. The van der Waals surface area contributed by atoms with Gasteiger partial charge in [0.25, 0.3) is 0 Å². The first-order chi connectivity index (χ1) is 9.15. The molecule has 96 valence electrons. The van der Waals surface area contributed by atoms with Crippen molar-refractivity contribution in [3.05, 3.63) is 65.2 Å². The van der Waals surface area contributed by atoms with Gasteiger partial charge in [-0.25, -0.2) is 0 Å². The molecule has 0 fully saturated rings. The van der Waals surface area contributed by atoms with Crippen molar-refractivity contribution in [1.82, 2.24) is 0 Å². The average molecular weight is 264 g/mol. The summed E-state index contributed by atoms with van der Waals surface area (Å²) in [7, 11) is -0.230. The van der Waals surface area contributed by atoms with E-state index in [0.717, 1.165) is 11.1 Å². The van der Waals surface area contributed by atoms with Crippen LogP contribution in [-0.4, -0.2) is 9.52 Å². The molecule has 0 heterocycles. The van der Waals surface area contributed by atoms with E-state index < -0.39 is 0 Å². The van der Waals surface area contributed by atoms with E-state index in [-0.39, 0.29) is 9.52 Å². The minimum Gasteiger partial charge on any atom is -0.0654 e. The topological polar surface area (TPSA) is 0 Å². The Bertz CT molecular complexity index is 601. The van der Waals surface area contributed by atoms with Crippen molar-refractivity contribution >= 4 is 14.7 Å². The molecular formula is C18H20Si. The number of benzene rings is 2. The summed E-state index contributed by atoms with van der Waals surface area (Å²) in [5, 5.41) is 1.50. The lowest BCUT2D eigenvalue weighted by molar-refractivity contribution is 1.07. The summed E-state index contributed by atoms with van der Waals surface area (Å²) in [4.78, 5) is 0. The van der Waals surface area contributed by atoms with Gasteiger partial charge >= 0.3 is 0 Å². The Balaban J connectivity index is 2.32. The second kappa shape index (κ2) is 6.40. The highest BCUT2D eigenvalue weighted by Crippen LogP contribution is 2.05. The van der Waals surface area contributed by atoms with Crippen LogP contribution in [0.2, 0.25) is 5.54 Å². The third-order valence-electron chi connectivity index (χ3n) is 3.00. The second-order valence-corrected chi connectivity index (χ2v) is 8.18. The van der Waals surface area contributed by atoms with Crippen LogP contribution in [-0.2, 0) is 0 Å². The van der Waals surface area contributed by atoms with E-state index in [2.05, 4.69) is 62.9 Å². The molecule has 19 heavy (non-hydrogen) atoms. The summed E-state index contributed by atoms with van der Waals surface area (Å²) in [6.45, 7) is 6.78. The third kappa shape index (κ3) is 4.12. The van der Waals surface area contributed by atoms with Crippen LogP contribution < -0.4 is 5.19 Å². The van der Waals surface area contributed by atoms with E-state index in [1.165, 1.54) is 16.3 Å². The quantitative estimate of drug-likeness (QED) is 0.578. The van der Waals surface area contributed by atoms with Crippen molar-refractivity contribution in [2.45, 2.75) is 26.3 Å². The van der Waals surface area contributed by atoms with Crippen LogP contribution in [0.1, 0.15) is 30.5 Å². The Labute approximate surface area is 118 Å². The highest BCUT2D eigenvalue weighted by Gasteiger charge is 2.04. The van der Waals surface area contributed by atoms with E-state index in [1.54, 1.807) is 0 Å². The fraction of sp³-hybridized carbons (Fsp3) is 0.222. The Morgan fingerprint density at radius 3 is 2.37 bits per heavy atom. The molecule has 0 nitrogen and oxygen atoms in total. The van der Waals surface area contributed by atoms with Crippen LogP contribution in [0, 0.1) is 18.8 Å². The van der Waals surface area contributed by atoms with Gasteiger partial charge in [0.05, 0.1) is 9.52 Å². The van der Waals surface area contributed by atoms with Crippen LogP contribution in [0.15, 0.2) is 48.5 Å². The van der Waals surface area contributed by atoms with E-state index >= 15 is 0 Å². The molecule has 0 aliphatic rings. The van der Waals surface area contributed by atoms with Crippen molar-refractivity contribution in [1.29, 1.82) is 0 Å². The van der Waals surface area contributed by atoms with Crippen LogP contribution in [0.25, 0.3) is 0 Å². The molecule has 0 radical (unpaired) electrons. The molecular weight excluding hydrogens is 244 g/mol. The molecule has 0 atom stereocenters. The van der Waals surface area contributed by atoms with Crippen molar-refractivity contribution in [3.8, 4) is 11.8 Å². The van der Waals surface area contributed by atoms with Crippen LogP contribution in [0.4, 0.5) is 0 Å². The zero-order chi connectivity index (χ0) is 13.7. The summed E-state index contributed by atoms with van der Waals surface area (Å²) >= 11 is 0. The van der Waals surface area contributed by atoms with Gasteiger partial charge in [0, 0.05) is 11.1 Å². The molecule has 0 bridgehead atoms. The molecule has 0 aromatic heterocycles. The highest BCUT2D eigenvalue weighted by molar-refractivity contribution is 6.55. The zero-order valence-electron chi connectivity index (χ0n) is 11.9. The number of hydrogen-bond acceptors (Lipinski definition) is 0. The van der Waals surface area contributed by atoms with Gasteiger partial charge in [-0.05, 0) is 25.1 Å². The van der Waals surface area contributed by atoms with Gasteiger partial charge in [0.1, 0.15) is 0 Å². The predicted molar refractivity (Wildman–Crippen MR) is 86.9 cm³/mol. The minimum atomic E-state index is -0.230. The van der Waals surface area contributed by atoms with Crippen molar-refractivity contribution in [2.24, 2.45) is 0 Å². The van der Waals surface area contributed by atoms with Crippen molar-refractivity contribution in [3.63, 3.8) is 0 Å². The first kappa shape index (κ1) is 13.6.